The van der Waals surface area contributed by atoms with E-state index in [4.69, 9.17) is 0 Å². The van der Waals surface area contributed by atoms with Gasteiger partial charge in [0, 0.05) is 57.7 Å². The number of guanidine groups is 1. The lowest BCUT2D eigenvalue weighted by Gasteiger charge is -2.29. The molecule has 8 nitrogen and oxygen atoms in total. The summed E-state index contributed by atoms with van der Waals surface area (Å²) in [7, 11) is 3.30. The van der Waals surface area contributed by atoms with Crippen LogP contribution in [0.25, 0.3) is 0 Å². The van der Waals surface area contributed by atoms with Crippen molar-refractivity contribution in [1.29, 1.82) is 0 Å². The van der Waals surface area contributed by atoms with Crippen LogP contribution in [0, 0.1) is 13.8 Å². The highest BCUT2D eigenvalue weighted by Gasteiger charge is 2.57. The Kier molecular flexibility index (Phi) is 7.74. The fourth-order valence-electron chi connectivity index (χ4n) is 3.50. The first-order valence-corrected chi connectivity index (χ1v) is 10.2. The number of aryl methyl sites for hydroxylation is 3. The normalized spacial score (nSPS) is 15.6. The predicted molar refractivity (Wildman–Crippen MR) is 113 cm³/mol. The Bertz CT molecular complexity index is 903. The molecule has 0 amide bonds. The first-order valence-electron chi connectivity index (χ1n) is 10.2. The molecular weight excluding hydrogens is 411 g/mol. The van der Waals surface area contributed by atoms with Crippen molar-refractivity contribution in [2.24, 2.45) is 19.1 Å². The topological polar surface area (TPSA) is 92.3 Å². The Balaban J connectivity index is 2.11. The second kappa shape index (κ2) is 9.71. The summed E-state index contributed by atoms with van der Waals surface area (Å²) < 4.78 is 44.0. The maximum Gasteiger partial charge on any atom is 0.424 e. The Morgan fingerprint density at radius 1 is 1.29 bits per heavy atom. The van der Waals surface area contributed by atoms with Gasteiger partial charge < -0.3 is 20.3 Å². The number of alkyl halides is 3. The Morgan fingerprint density at radius 3 is 2.45 bits per heavy atom. The van der Waals surface area contributed by atoms with Crippen LogP contribution in [0.4, 0.5) is 13.2 Å². The number of aliphatic hydroxyl groups is 1. The molecule has 2 heterocycles. The minimum Gasteiger partial charge on any atom is -0.374 e. The minimum atomic E-state index is -4.88. The van der Waals surface area contributed by atoms with Gasteiger partial charge in [-0.15, -0.1) is 0 Å². The van der Waals surface area contributed by atoms with E-state index in [0.29, 0.717) is 18.9 Å². The number of halogens is 3. The molecule has 0 bridgehead atoms. The van der Waals surface area contributed by atoms with Crippen LogP contribution >= 0.6 is 0 Å². The van der Waals surface area contributed by atoms with Crippen molar-refractivity contribution in [3.05, 3.63) is 35.2 Å². The fraction of sp³-hybridized carbons (Fsp3) is 0.650. The summed E-state index contributed by atoms with van der Waals surface area (Å²) >= 11 is 0. The molecule has 3 N–H and O–H groups in total. The van der Waals surface area contributed by atoms with Gasteiger partial charge in [0.1, 0.15) is 5.82 Å². The van der Waals surface area contributed by atoms with Gasteiger partial charge in [-0.05, 0) is 39.7 Å². The number of rotatable bonds is 8. The second-order valence-electron chi connectivity index (χ2n) is 7.75. The summed E-state index contributed by atoms with van der Waals surface area (Å²) in [6.45, 7) is 8.10. The highest BCUT2D eigenvalue weighted by molar-refractivity contribution is 5.80. The van der Waals surface area contributed by atoms with E-state index in [1.165, 1.54) is 24.0 Å². The zero-order chi connectivity index (χ0) is 23.4. The van der Waals surface area contributed by atoms with Crippen molar-refractivity contribution in [2.45, 2.75) is 58.4 Å². The zero-order valence-electron chi connectivity index (χ0n) is 18.9. The van der Waals surface area contributed by atoms with Crippen LogP contribution in [0.15, 0.2) is 17.4 Å². The summed E-state index contributed by atoms with van der Waals surface area (Å²) in [5, 5.41) is 21.1. The van der Waals surface area contributed by atoms with Crippen LogP contribution in [0.3, 0.4) is 0 Å². The molecule has 174 valence electrons. The van der Waals surface area contributed by atoms with Gasteiger partial charge in [0.15, 0.2) is 5.96 Å². The first-order chi connectivity index (χ1) is 14.4. The standard InChI is InChI=1S/C20H32F3N7O/c1-7-24-18(27-13(2)12-16-14(3)28-30(6)15(16)4)26-9-8-19(31,20(21,22)23)17-25-10-11-29(17)5/h10-11,13,31H,7-9,12H2,1-6H3,(H2,24,26,27). The Morgan fingerprint density at radius 2 is 1.97 bits per heavy atom. The third-order valence-electron chi connectivity index (χ3n) is 5.30. The molecule has 0 aliphatic rings. The molecular formula is C20H32F3N7O. The van der Waals surface area contributed by atoms with Gasteiger partial charge in [-0.25, -0.2) is 4.98 Å². The van der Waals surface area contributed by atoms with Crippen LogP contribution in [0.2, 0.25) is 0 Å². The zero-order valence-corrected chi connectivity index (χ0v) is 18.9. The van der Waals surface area contributed by atoms with Gasteiger partial charge >= 0.3 is 6.18 Å². The quantitative estimate of drug-likeness (QED) is 0.429. The predicted octanol–water partition coefficient (Wildman–Crippen LogP) is 2.10. The lowest BCUT2D eigenvalue weighted by molar-refractivity contribution is -0.272. The van der Waals surface area contributed by atoms with E-state index < -0.39 is 24.0 Å². The number of hydrogen-bond donors (Lipinski definition) is 3. The number of hydrogen-bond acceptors (Lipinski definition) is 4. The number of nitrogens with zero attached hydrogens (tertiary/aromatic N) is 5. The smallest absolute Gasteiger partial charge is 0.374 e. The molecule has 11 heteroatoms. The molecule has 0 radical (unpaired) electrons. The molecule has 0 saturated heterocycles. The second-order valence-corrected chi connectivity index (χ2v) is 7.75. The van der Waals surface area contributed by atoms with Gasteiger partial charge in [-0.2, -0.15) is 18.3 Å². The van der Waals surface area contributed by atoms with E-state index in [-0.39, 0.29) is 12.6 Å². The highest BCUT2D eigenvalue weighted by Crippen LogP contribution is 2.40. The molecule has 31 heavy (non-hydrogen) atoms. The summed E-state index contributed by atoms with van der Waals surface area (Å²) in [6.07, 6.45) is -2.24. The van der Waals surface area contributed by atoms with Crippen LogP contribution in [0.5, 0.6) is 0 Å². The van der Waals surface area contributed by atoms with Crippen LogP contribution < -0.4 is 10.6 Å². The maximum absolute atomic E-state index is 13.7. The molecule has 2 aromatic heterocycles. The monoisotopic (exact) mass is 443 g/mol. The van der Waals surface area contributed by atoms with Crippen molar-refractivity contribution in [1.82, 2.24) is 30.0 Å². The van der Waals surface area contributed by atoms with Gasteiger partial charge in [0.05, 0.1) is 5.69 Å². The maximum atomic E-state index is 13.7. The van der Waals surface area contributed by atoms with E-state index in [2.05, 4.69) is 25.7 Å². The number of aliphatic imine (C=N–C) groups is 1. The average Bonchev–Trinajstić information content (AvgIpc) is 3.19. The summed E-state index contributed by atoms with van der Waals surface area (Å²) in [4.78, 5) is 7.97. The number of nitrogens with one attached hydrogen (secondary N) is 2. The van der Waals surface area contributed by atoms with Crippen LogP contribution in [-0.4, -0.2) is 55.7 Å². The first kappa shape index (κ1) is 24.7. The lowest BCUT2D eigenvalue weighted by Crippen LogP contribution is -2.46. The number of imidazole rings is 1. The van der Waals surface area contributed by atoms with Gasteiger partial charge in [-0.1, -0.05) is 0 Å². The van der Waals surface area contributed by atoms with E-state index in [0.717, 1.165) is 17.0 Å². The van der Waals surface area contributed by atoms with Gasteiger partial charge in [0.25, 0.3) is 0 Å². The third-order valence-corrected chi connectivity index (χ3v) is 5.30. The molecule has 0 aliphatic heterocycles. The molecule has 2 aromatic rings. The van der Waals surface area contributed by atoms with Crippen molar-refractivity contribution < 1.29 is 18.3 Å². The molecule has 0 fully saturated rings. The van der Waals surface area contributed by atoms with Crippen molar-refractivity contribution in [2.75, 3.05) is 13.1 Å². The van der Waals surface area contributed by atoms with Crippen molar-refractivity contribution in [3.63, 3.8) is 0 Å². The Hall–Kier alpha value is -2.56. The number of aromatic nitrogens is 4. The summed E-state index contributed by atoms with van der Waals surface area (Å²) in [6, 6.07) is -0.0320. The molecule has 0 aromatic carbocycles. The molecule has 0 saturated carbocycles. The fourth-order valence-corrected chi connectivity index (χ4v) is 3.50. The van der Waals surface area contributed by atoms with E-state index in [1.54, 1.807) is 0 Å². The van der Waals surface area contributed by atoms with Crippen LogP contribution in [0.1, 0.15) is 43.0 Å². The highest BCUT2D eigenvalue weighted by atomic mass is 19.4. The average molecular weight is 444 g/mol. The van der Waals surface area contributed by atoms with Crippen molar-refractivity contribution in [3.8, 4) is 0 Å². The van der Waals surface area contributed by atoms with Gasteiger partial charge in [0.2, 0.25) is 5.60 Å². The molecule has 0 aliphatic carbocycles. The SMILES string of the molecule is CCNC(=NCCC(O)(c1nccn1C)C(F)(F)F)NC(C)Cc1c(C)nn(C)c1C. The van der Waals surface area contributed by atoms with Gasteiger partial charge in [-0.3, -0.25) is 9.67 Å². The Labute approximate surface area is 180 Å². The van der Waals surface area contributed by atoms with Crippen molar-refractivity contribution >= 4 is 5.96 Å². The third kappa shape index (κ3) is 5.57. The minimum absolute atomic E-state index is 0.0320. The summed E-state index contributed by atoms with van der Waals surface area (Å²) in [5.74, 6) is -0.0670. The largest absolute Gasteiger partial charge is 0.424 e. The molecule has 2 atom stereocenters. The van der Waals surface area contributed by atoms with E-state index in [9.17, 15) is 18.3 Å². The van der Waals surface area contributed by atoms with E-state index >= 15 is 0 Å². The van der Waals surface area contributed by atoms with Crippen LogP contribution in [-0.2, 0) is 26.1 Å². The van der Waals surface area contributed by atoms with E-state index in [1.807, 2.05) is 39.4 Å². The molecule has 2 unspecified atom stereocenters. The summed E-state index contributed by atoms with van der Waals surface area (Å²) in [5.41, 5.74) is 0.0561. The molecule has 2 rings (SSSR count). The lowest BCUT2D eigenvalue weighted by atomic mass is 9.98. The molecule has 0 spiro atoms.